The molecule has 2 aromatic carbocycles. The fraction of sp³-hybridized carbons (Fsp3) is 0.280. The van der Waals surface area contributed by atoms with E-state index in [4.69, 9.17) is 9.47 Å². The van der Waals surface area contributed by atoms with Crippen molar-refractivity contribution in [2.75, 3.05) is 0 Å². The van der Waals surface area contributed by atoms with Crippen LogP contribution in [0.25, 0.3) is 0 Å². The van der Waals surface area contributed by atoms with Gasteiger partial charge in [-0.25, -0.2) is 9.98 Å². The van der Waals surface area contributed by atoms with E-state index in [1.165, 1.54) is 38.1 Å². The van der Waals surface area contributed by atoms with Crippen LogP contribution in [0.5, 0.6) is 5.75 Å². The molecule has 2 aliphatic heterocycles. The molecule has 186 valence electrons. The second kappa shape index (κ2) is 6.51. The molecule has 1 fully saturated rings. The number of aliphatic imine (C=N–C) groups is 2. The van der Waals surface area contributed by atoms with E-state index in [1.807, 2.05) is 0 Å². The highest BCUT2D eigenvalue weighted by molar-refractivity contribution is 6.01. The lowest BCUT2D eigenvalue weighted by Gasteiger charge is -2.40. The Bertz CT molecular complexity index is 1460. The SMILES string of the molecule is CC12N=C(c3ccccc3)OC1=C1C(=C3OC(c4ccccc4O)=NC32C)C(F)(F)C(F)(F)C1(F)F. The molecule has 2 atom stereocenters. The van der Waals surface area contributed by atoms with Gasteiger partial charge >= 0.3 is 17.8 Å². The molecule has 0 bridgehead atoms. The summed E-state index contributed by atoms with van der Waals surface area (Å²) in [7, 11) is 0. The molecule has 0 radical (unpaired) electrons. The summed E-state index contributed by atoms with van der Waals surface area (Å²) in [5.41, 5.74) is -7.04. The number of hydrogen-bond donors (Lipinski definition) is 1. The van der Waals surface area contributed by atoms with Crippen LogP contribution in [0.2, 0.25) is 0 Å². The fourth-order valence-corrected chi connectivity index (χ4v) is 5.01. The number of fused-ring (bicyclic) bond motifs is 4. The first-order chi connectivity index (χ1) is 16.8. The van der Waals surface area contributed by atoms with Gasteiger partial charge < -0.3 is 14.6 Å². The monoisotopic (exact) mass is 506 g/mol. The highest BCUT2D eigenvalue weighted by Crippen LogP contribution is 2.69. The Morgan fingerprint density at radius 2 is 1.14 bits per heavy atom. The van der Waals surface area contributed by atoms with Crippen molar-refractivity contribution in [3.05, 3.63) is 88.4 Å². The van der Waals surface area contributed by atoms with E-state index in [1.54, 1.807) is 30.3 Å². The third kappa shape index (κ3) is 2.38. The summed E-state index contributed by atoms with van der Waals surface area (Å²) in [6, 6.07) is 13.6. The zero-order chi connectivity index (χ0) is 25.9. The van der Waals surface area contributed by atoms with E-state index in [0.29, 0.717) is 5.56 Å². The lowest BCUT2D eigenvalue weighted by atomic mass is 9.70. The van der Waals surface area contributed by atoms with E-state index < -0.39 is 57.4 Å². The Morgan fingerprint density at radius 1 is 0.667 bits per heavy atom. The minimum absolute atomic E-state index is 0.0427. The van der Waals surface area contributed by atoms with Gasteiger partial charge in [0.1, 0.15) is 17.3 Å². The summed E-state index contributed by atoms with van der Waals surface area (Å²) in [5, 5.41) is 10.3. The molecule has 11 heteroatoms. The van der Waals surface area contributed by atoms with E-state index >= 15 is 17.6 Å². The highest BCUT2D eigenvalue weighted by Gasteiger charge is 2.86. The predicted octanol–water partition coefficient (Wildman–Crippen LogP) is 5.60. The molecule has 0 spiro atoms. The summed E-state index contributed by atoms with van der Waals surface area (Å²) < 4.78 is 101. The van der Waals surface area contributed by atoms with E-state index in [0.717, 1.165) is 0 Å². The molecule has 2 aliphatic carbocycles. The second-order valence-corrected chi connectivity index (χ2v) is 9.20. The van der Waals surface area contributed by atoms with Crippen molar-refractivity contribution in [2.24, 2.45) is 9.98 Å². The number of aromatic hydroxyl groups is 1. The molecule has 2 aromatic rings. The van der Waals surface area contributed by atoms with Crippen LogP contribution in [-0.2, 0) is 9.47 Å². The summed E-state index contributed by atoms with van der Waals surface area (Å²) in [4.78, 5) is 8.80. The molecular formula is C25H16F6N2O3. The molecule has 0 aromatic heterocycles. The van der Waals surface area contributed by atoms with Gasteiger partial charge in [0.15, 0.2) is 11.1 Å². The first kappa shape index (κ1) is 22.7. The van der Waals surface area contributed by atoms with Crippen molar-refractivity contribution in [1.82, 2.24) is 0 Å². The number of phenols is 1. The Balaban J connectivity index is 1.68. The first-order valence-electron chi connectivity index (χ1n) is 10.8. The molecule has 2 heterocycles. The van der Waals surface area contributed by atoms with Crippen molar-refractivity contribution >= 4 is 11.8 Å². The van der Waals surface area contributed by atoms with Crippen LogP contribution in [0.3, 0.4) is 0 Å². The van der Waals surface area contributed by atoms with Crippen LogP contribution in [0.1, 0.15) is 25.0 Å². The molecule has 4 aliphatic rings. The lowest BCUT2D eigenvalue weighted by Crippen LogP contribution is -2.51. The van der Waals surface area contributed by atoms with Gasteiger partial charge in [-0.1, -0.05) is 30.3 Å². The maximum Gasteiger partial charge on any atom is 0.380 e. The van der Waals surface area contributed by atoms with Crippen molar-refractivity contribution in [2.45, 2.75) is 42.7 Å². The Morgan fingerprint density at radius 3 is 1.69 bits per heavy atom. The smallest absolute Gasteiger partial charge is 0.380 e. The van der Waals surface area contributed by atoms with Crippen molar-refractivity contribution in [1.29, 1.82) is 0 Å². The maximum absolute atomic E-state index is 15.2. The molecule has 5 nitrogen and oxygen atoms in total. The summed E-state index contributed by atoms with van der Waals surface area (Å²) in [6.45, 7) is 2.55. The quantitative estimate of drug-likeness (QED) is 0.539. The van der Waals surface area contributed by atoms with Crippen molar-refractivity contribution < 1.29 is 40.9 Å². The number of halogens is 6. The van der Waals surface area contributed by atoms with E-state index in [9.17, 15) is 13.9 Å². The molecule has 6 rings (SSSR count). The zero-order valence-electron chi connectivity index (χ0n) is 18.6. The lowest BCUT2D eigenvalue weighted by molar-refractivity contribution is -0.258. The minimum atomic E-state index is -5.78. The van der Waals surface area contributed by atoms with E-state index in [2.05, 4.69) is 9.98 Å². The Hall–Kier alpha value is -3.76. The molecule has 1 saturated carbocycles. The van der Waals surface area contributed by atoms with Gasteiger partial charge in [0.05, 0.1) is 16.7 Å². The maximum atomic E-state index is 15.2. The molecule has 0 saturated heterocycles. The van der Waals surface area contributed by atoms with Gasteiger partial charge in [0, 0.05) is 5.56 Å². The van der Waals surface area contributed by atoms with Gasteiger partial charge in [0.2, 0.25) is 11.8 Å². The number of ether oxygens (including phenoxy) is 2. The molecule has 2 unspecified atom stereocenters. The molecular weight excluding hydrogens is 490 g/mol. The van der Waals surface area contributed by atoms with Crippen molar-refractivity contribution in [3.8, 4) is 5.75 Å². The number of para-hydroxylation sites is 1. The molecule has 0 amide bonds. The van der Waals surface area contributed by atoms with Crippen LogP contribution in [-0.4, -0.2) is 45.7 Å². The van der Waals surface area contributed by atoms with Crippen LogP contribution >= 0.6 is 0 Å². The van der Waals surface area contributed by atoms with Crippen LogP contribution in [0.15, 0.2) is 87.2 Å². The van der Waals surface area contributed by atoms with Crippen molar-refractivity contribution in [3.63, 3.8) is 0 Å². The summed E-state index contributed by atoms with van der Waals surface area (Å²) in [5.74, 6) is -19.1. The van der Waals surface area contributed by atoms with Gasteiger partial charge in [-0.15, -0.1) is 0 Å². The average molecular weight is 506 g/mol. The molecule has 36 heavy (non-hydrogen) atoms. The Labute approximate surface area is 200 Å². The number of hydrogen-bond acceptors (Lipinski definition) is 5. The third-order valence-electron chi connectivity index (χ3n) is 7.16. The Kier molecular flexibility index (Phi) is 4.10. The van der Waals surface area contributed by atoms with Gasteiger partial charge in [-0.2, -0.15) is 26.3 Å². The number of phenolic OH excluding ortho intramolecular Hbond substituents is 1. The van der Waals surface area contributed by atoms with Gasteiger partial charge in [-0.05, 0) is 38.1 Å². The third-order valence-corrected chi connectivity index (χ3v) is 7.16. The number of rotatable bonds is 2. The largest absolute Gasteiger partial charge is 0.507 e. The fourth-order valence-electron chi connectivity index (χ4n) is 5.01. The number of benzene rings is 2. The standard InChI is InChI=1S/C25H16F6N2O3/c1-21-17(35-19(32-21)12-8-4-3-5-9-12)15-16(24(28,29)25(30,31)23(15,26)27)18-22(21,2)33-20(36-18)13-10-6-7-11-14(13)34/h3-11,34H,1-2H3. The van der Waals surface area contributed by atoms with Crippen LogP contribution in [0.4, 0.5) is 26.3 Å². The summed E-state index contributed by atoms with van der Waals surface area (Å²) in [6.07, 6.45) is 0. The number of nitrogens with zero attached hydrogens (tertiary/aromatic N) is 2. The van der Waals surface area contributed by atoms with E-state index in [-0.39, 0.29) is 17.2 Å². The second-order valence-electron chi connectivity index (χ2n) is 9.20. The van der Waals surface area contributed by atoms with Crippen LogP contribution in [0, 0.1) is 0 Å². The minimum Gasteiger partial charge on any atom is -0.507 e. The normalized spacial score (nSPS) is 30.7. The summed E-state index contributed by atoms with van der Waals surface area (Å²) >= 11 is 0. The zero-order valence-corrected chi connectivity index (χ0v) is 18.6. The van der Waals surface area contributed by atoms with Gasteiger partial charge in [0.25, 0.3) is 0 Å². The first-order valence-corrected chi connectivity index (χ1v) is 10.8. The average Bonchev–Trinajstić information content (AvgIpc) is 3.40. The van der Waals surface area contributed by atoms with Gasteiger partial charge in [-0.3, -0.25) is 0 Å². The predicted molar refractivity (Wildman–Crippen MR) is 115 cm³/mol. The highest BCUT2D eigenvalue weighted by atomic mass is 19.3. The number of alkyl halides is 6. The molecule has 1 N–H and O–H groups in total. The topological polar surface area (TPSA) is 63.4 Å². The van der Waals surface area contributed by atoms with Crippen LogP contribution < -0.4 is 0 Å². The number of allylic oxidation sites excluding steroid dienone is 2.